The van der Waals surface area contributed by atoms with Gasteiger partial charge in [0.2, 0.25) is 0 Å². The molecule has 0 amide bonds. The molecule has 0 spiro atoms. The fraction of sp³-hybridized carbons (Fsp3) is 0.259. The van der Waals surface area contributed by atoms with Crippen LogP contribution >= 0.6 is 0 Å². The SMILES string of the molecule is C.C.CCCCCCc1ccc(Nc2ccc(Nc3ccc(CCCCCC)cc3S(=O)(=O)[O-])c3c2C(=O)c2ccccc2C3=O)c(S(=O)(=O)[O-])c1.Nc1ccc(N)c2c1C(=O)c1ccccc1C2=O. The van der Waals surface area contributed by atoms with E-state index < -0.39 is 41.6 Å². The second-order valence-electron chi connectivity index (χ2n) is 16.8. The van der Waals surface area contributed by atoms with Crippen molar-refractivity contribution in [3.8, 4) is 0 Å². The Kier molecular flexibility index (Phi) is 17.4. The molecule has 8 rings (SSSR count). The van der Waals surface area contributed by atoms with Gasteiger partial charge in [0, 0.05) is 33.6 Å². The maximum Gasteiger partial charge on any atom is 0.196 e. The number of fused-ring (bicyclic) bond motifs is 4. The number of carbonyl (C=O) groups is 4. The minimum absolute atomic E-state index is 0. The first-order valence-electron chi connectivity index (χ1n) is 22.4. The minimum Gasteiger partial charge on any atom is -0.744 e. The van der Waals surface area contributed by atoms with Crippen LogP contribution in [0.2, 0.25) is 0 Å². The van der Waals surface area contributed by atoms with Crippen molar-refractivity contribution in [3.63, 3.8) is 0 Å². The van der Waals surface area contributed by atoms with Crippen molar-refractivity contribution >= 4 is 77.5 Å². The number of anilines is 6. The molecule has 0 saturated carbocycles. The van der Waals surface area contributed by atoms with Crippen LogP contribution in [-0.2, 0) is 33.1 Å². The highest BCUT2D eigenvalue weighted by Crippen LogP contribution is 2.41. The molecule has 14 nitrogen and oxygen atoms in total. The van der Waals surface area contributed by atoms with Crippen LogP contribution in [0.3, 0.4) is 0 Å². The molecule has 0 saturated heterocycles. The number of aryl methyl sites for hydroxylation is 2. The molecule has 0 fully saturated rings. The highest BCUT2D eigenvalue weighted by atomic mass is 32.2. The number of nitrogens with one attached hydrogen (secondary N) is 2. The zero-order valence-corrected chi connectivity index (χ0v) is 39.2. The first kappa shape index (κ1) is 54.0. The molecule has 16 heteroatoms. The molecule has 2 aliphatic rings. The average molecular weight is 987 g/mol. The highest BCUT2D eigenvalue weighted by Gasteiger charge is 2.35. The van der Waals surface area contributed by atoms with Crippen molar-refractivity contribution in [2.24, 2.45) is 0 Å². The summed E-state index contributed by atoms with van der Waals surface area (Å²) in [6.07, 6.45) is 8.91. The number of nitrogen functional groups attached to an aromatic ring is 2. The van der Waals surface area contributed by atoms with Gasteiger partial charge in [0.15, 0.2) is 23.1 Å². The molecule has 6 aromatic rings. The quantitative estimate of drug-likeness (QED) is 0.0399. The Labute approximate surface area is 410 Å². The van der Waals surface area contributed by atoms with Crippen LogP contribution in [0.4, 0.5) is 34.1 Å². The Morgan fingerprint density at radius 2 is 0.743 bits per heavy atom. The lowest BCUT2D eigenvalue weighted by Gasteiger charge is -2.25. The lowest BCUT2D eigenvalue weighted by molar-refractivity contribution is 0.0980. The van der Waals surface area contributed by atoms with Crippen molar-refractivity contribution in [2.75, 3.05) is 22.1 Å². The Balaban J connectivity index is 0.000000380. The van der Waals surface area contributed by atoms with Gasteiger partial charge in [-0.2, -0.15) is 0 Å². The summed E-state index contributed by atoms with van der Waals surface area (Å²) in [5, 5.41) is 5.86. The highest BCUT2D eigenvalue weighted by molar-refractivity contribution is 7.86. The monoisotopic (exact) mass is 986 g/mol. The van der Waals surface area contributed by atoms with Crippen LogP contribution in [0.5, 0.6) is 0 Å². The Morgan fingerprint density at radius 1 is 0.429 bits per heavy atom. The Bertz CT molecular complexity index is 3010. The van der Waals surface area contributed by atoms with Gasteiger partial charge in [-0.1, -0.05) is 128 Å². The van der Waals surface area contributed by atoms with Crippen LogP contribution in [-0.4, -0.2) is 49.1 Å². The standard InChI is InChI=1S/C38H42N2O8S2.C14H10N2O2.2CH4/c1-3-5-7-9-13-25-17-19-29(33(23-25)49(43,44)45)39-31-21-22-32(36-35(31)37(41)27-15-11-12-16-28(27)38(36)42)40-30-20-18-26(14-10-8-6-4-2)24-34(30)50(46,47)48;15-9-5-6-10(16)12-11(9)13(17)7-3-1-2-4-8(7)14(12)18;;/h11-12,15-24,39-40H,3-10,13-14H2,1-2H3,(H,43,44,45)(H,46,47,48);1-6H,15-16H2;2*1H4/p-2. The number of carbonyl (C=O) groups excluding carboxylic acids is 4. The molecule has 0 aromatic heterocycles. The summed E-state index contributed by atoms with van der Waals surface area (Å²) < 4.78 is 74.5. The fourth-order valence-electron chi connectivity index (χ4n) is 8.57. The van der Waals surface area contributed by atoms with Crippen LogP contribution in [0, 0.1) is 0 Å². The van der Waals surface area contributed by atoms with E-state index in [2.05, 4.69) is 24.5 Å². The number of nitrogens with two attached hydrogens (primary N) is 2. The maximum absolute atomic E-state index is 14.0. The molecule has 6 aromatic carbocycles. The van der Waals surface area contributed by atoms with Gasteiger partial charge in [-0.15, -0.1) is 0 Å². The van der Waals surface area contributed by atoms with Gasteiger partial charge in [0.1, 0.15) is 20.2 Å². The maximum atomic E-state index is 14.0. The molecular weight excluding hydrogens is 929 g/mol. The van der Waals surface area contributed by atoms with Crippen molar-refractivity contribution in [1.82, 2.24) is 0 Å². The number of hydrogen-bond acceptors (Lipinski definition) is 14. The van der Waals surface area contributed by atoms with E-state index in [0.717, 1.165) is 51.4 Å². The summed E-state index contributed by atoms with van der Waals surface area (Å²) >= 11 is 0. The molecule has 368 valence electrons. The summed E-state index contributed by atoms with van der Waals surface area (Å²) in [4.78, 5) is 51.8. The summed E-state index contributed by atoms with van der Waals surface area (Å²) in [6.45, 7) is 4.17. The van der Waals surface area contributed by atoms with E-state index in [4.69, 9.17) is 11.5 Å². The molecule has 2 aliphatic carbocycles. The summed E-state index contributed by atoms with van der Waals surface area (Å²) in [6, 6.07) is 27.9. The second kappa shape index (κ2) is 22.6. The molecule has 0 atom stereocenters. The van der Waals surface area contributed by atoms with E-state index >= 15 is 0 Å². The molecule has 6 N–H and O–H groups in total. The third-order valence-electron chi connectivity index (χ3n) is 12.0. The van der Waals surface area contributed by atoms with Gasteiger partial charge in [-0.05, 0) is 85.3 Å². The first-order chi connectivity index (χ1) is 32.4. The Hall–Kier alpha value is -6.98. The van der Waals surface area contributed by atoms with E-state index in [0.29, 0.717) is 35.1 Å². The number of benzene rings is 6. The zero-order valence-electron chi connectivity index (χ0n) is 37.5. The van der Waals surface area contributed by atoms with Crippen molar-refractivity contribution in [3.05, 3.63) is 165 Å². The molecule has 0 heterocycles. The van der Waals surface area contributed by atoms with Crippen molar-refractivity contribution in [1.29, 1.82) is 0 Å². The number of unbranched alkanes of at least 4 members (excludes halogenated alkanes) is 6. The summed E-state index contributed by atoms with van der Waals surface area (Å²) in [7, 11) is -9.90. The second-order valence-corrected chi connectivity index (χ2v) is 19.4. The molecule has 0 aliphatic heterocycles. The molecule has 0 radical (unpaired) electrons. The zero-order chi connectivity index (χ0) is 48.9. The number of hydrogen-bond donors (Lipinski definition) is 4. The van der Waals surface area contributed by atoms with Crippen LogP contribution in [0.15, 0.2) is 119 Å². The summed E-state index contributed by atoms with van der Waals surface area (Å²) in [5.74, 6) is -1.57. The van der Waals surface area contributed by atoms with Crippen LogP contribution in [0.25, 0.3) is 0 Å². The smallest absolute Gasteiger partial charge is 0.196 e. The van der Waals surface area contributed by atoms with Crippen molar-refractivity contribution < 1.29 is 45.1 Å². The van der Waals surface area contributed by atoms with Gasteiger partial charge in [-0.3, -0.25) is 19.2 Å². The minimum atomic E-state index is -4.95. The predicted molar refractivity (Wildman–Crippen MR) is 273 cm³/mol. The predicted octanol–water partition coefficient (Wildman–Crippen LogP) is 10.9. The van der Waals surface area contributed by atoms with E-state index in [1.54, 1.807) is 60.7 Å². The average Bonchev–Trinajstić information content (AvgIpc) is 3.31. The van der Waals surface area contributed by atoms with E-state index in [-0.39, 0.29) is 93.9 Å². The number of rotatable bonds is 16. The molecule has 70 heavy (non-hydrogen) atoms. The third kappa shape index (κ3) is 11.4. The number of ketones is 4. The molecule has 0 unspecified atom stereocenters. The first-order valence-corrected chi connectivity index (χ1v) is 25.2. The van der Waals surface area contributed by atoms with Crippen molar-refractivity contribution in [2.45, 2.75) is 103 Å². The van der Waals surface area contributed by atoms with Gasteiger partial charge >= 0.3 is 0 Å². The topological polar surface area (TPSA) is 259 Å². The van der Waals surface area contributed by atoms with E-state index in [1.807, 2.05) is 0 Å². The van der Waals surface area contributed by atoms with Crippen LogP contribution < -0.4 is 22.1 Å². The van der Waals surface area contributed by atoms with E-state index in [9.17, 15) is 45.1 Å². The normalized spacial score (nSPS) is 12.5. The van der Waals surface area contributed by atoms with Gasteiger partial charge < -0.3 is 31.2 Å². The van der Waals surface area contributed by atoms with Crippen LogP contribution in [0.1, 0.15) is 155 Å². The Morgan fingerprint density at radius 3 is 1.06 bits per heavy atom. The third-order valence-corrected chi connectivity index (χ3v) is 13.8. The van der Waals surface area contributed by atoms with Gasteiger partial charge in [-0.25, -0.2) is 16.8 Å². The largest absolute Gasteiger partial charge is 0.744 e. The fourth-order valence-corrected chi connectivity index (χ4v) is 9.94. The van der Waals surface area contributed by atoms with Gasteiger partial charge in [0.05, 0.1) is 54.8 Å². The van der Waals surface area contributed by atoms with E-state index in [1.165, 1.54) is 48.5 Å². The molecule has 0 bridgehead atoms. The lowest BCUT2D eigenvalue weighted by Crippen LogP contribution is -2.23. The lowest BCUT2D eigenvalue weighted by atomic mass is 9.82. The summed E-state index contributed by atoms with van der Waals surface area (Å²) in [5.41, 5.74) is 14.8. The molecular formula is C54H58N4O10S2-2. The van der Waals surface area contributed by atoms with Gasteiger partial charge in [0.25, 0.3) is 0 Å².